The summed E-state index contributed by atoms with van der Waals surface area (Å²) < 4.78 is 21.3. The molecule has 6 rings (SSSR count). The molecule has 0 saturated carbocycles. The van der Waals surface area contributed by atoms with E-state index in [1.54, 1.807) is 24.3 Å². The number of carbonyl (C=O) groups is 2. The van der Waals surface area contributed by atoms with Crippen molar-refractivity contribution in [1.82, 2.24) is 14.9 Å². The summed E-state index contributed by atoms with van der Waals surface area (Å²) in [4.78, 5) is 31.5. The van der Waals surface area contributed by atoms with Crippen molar-refractivity contribution in [3.8, 4) is 11.1 Å². The van der Waals surface area contributed by atoms with Crippen molar-refractivity contribution in [3.05, 3.63) is 161 Å². The standard InChI is InChI=1S/C42H40FN3O3S/c1-27(2)40(32-18-16-31(17-19-32)36-14-7-8-15-37(36)42(48)49-24-30-12-9-13-34(43)21-30)46-26-44-39-28(3)20-33(23-38(39)46)41(47)45-35(25-50)22-29-10-5-4-6-11-29/h4-21,23,26-27,35,40,50H,22,24-25H2,1-3H3,(H,45,47)/t35-,40?/m1/s1. The number of ether oxygens (including phenoxy) is 1. The first-order valence-electron chi connectivity index (χ1n) is 16.8. The van der Waals surface area contributed by atoms with Gasteiger partial charge in [0.05, 0.1) is 29.0 Å². The Labute approximate surface area is 297 Å². The third-order valence-electron chi connectivity index (χ3n) is 8.91. The second-order valence-electron chi connectivity index (χ2n) is 12.9. The van der Waals surface area contributed by atoms with E-state index in [9.17, 15) is 14.0 Å². The van der Waals surface area contributed by atoms with Crippen molar-refractivity contribution in [3.63, 3.8) is 0 Å². The summed E-state index contributed by atoms with van der Waals surface area (Å²) in [5.41, 5.74) is 8.09. The second-order valence-corrected chi connectivity index (χ2v) is 13.3. The Morgan fingerprint density at radius 1 is 0.880 bits per heavy atom. The maximum Gasteiger partial charge on any atom is 0.339 e. The molecule has 1 amide bonds. The number of thiol groups is 1. The van der Waals surface area contributed by atoms with Gasteiger partial charge in [-0.1, -0.05) is 98.8 Å². The average molecular weight is 686 g/mol. The van der Waals surface area contributed by atoms with Crippen LogP contribution >= 0.6 is 12.6 Å². The average Bonchev–Trinajstić information content (AvgIpc) is 3.55. The van der Waals surface area contributed by atoms with Crippen molar-refractivity contribution in [2.75, 3.05) is 5.75 Å². The van der Waals surface area contributed by atoms with Gasteiger partial charge in [0.15, 0.2) is 0 Å². The van der Waals surface area contributed by atoms with Crippen LogP contribution in [0.15, 0.2) is 122 Å². The highest BCUT2D eigenvalue weighted by Gasteiger charge is 2.23. The third-order valence-corrected chi connectivity index (χ3v) is 9.35. The van der Waals surface area contributed by atoms with Gasteiger partial charge in [-0.15, -0.1) is 0 Å². The fraction of sp³-hybridized carbons (Fsp3) is 0.214. The number of nitrogens with one attached hydrogen (secondary N) is 1. The van der Waals surface area contributed by atoms with Gasteiger partial charge in [-0.25, -0.2) is 14.2 Å². The van der Waals surface area contributed by atoms with Gasteiger partial charge < -0.3 is 14.6 Å². The molecule has 0 aliphatic carbocycles. The molecule has 0 fully saturated rings. The normalized spacial score (nSPS) is 12.5. The number of halogens is 1. The van der Waals surface area contributed by atoms with E-state index < -0.39 is 5.97 Å². The quantitative estimate of drug-likeness (QED) is 0.0997. The number of carbonyl (C=O) groups excluding carboxylic acids is 2. The Hall–Kier alpha value is -5.21. The summed E-state index contributed by atoms with van der Waals surface area (Å²) in [6.45, 7) is 6.29. The van der Waals surface area contributed by atoms with Crippen molar-refractivity contribution >= 4 is 35.5 Å². The summed E-state index contributed by atoms with van der Waals surface area (Å²) in [7, 11) is 0. The van der Waals surface area contributed by atoms with Crippen LogP contribution in [0.25, 0.3) is 22.2 Å². The van der Waals surface area contributed by atoms with E-state index in [2.05, 4.69) is 60.6 Å². The van der Waals surface area contributed by atoms with E-state index in [0.29, 0.717) is 28.9 Å². The zero-order chi connectivity index (χ0) is 35.2. The highest BCUT2D eigenvalue weighted by atomic mass is 32.1. The minimum atomic E-state index is -0.477. The number of imidazole rings is 1. The van der Waals surface area contributed by atoms with Gasteiger partial charge in [0.2, 0.25) is 0 Å². The van der Waals surface area contributed by atoms with Crippen LogP contribution in [0.1, 0.15) is 62.9 Å². The molecule has 1 aromatic heterocycles. The fourth-order valence-corrected chi connectivity index (χ4v) is 6.70. The summed E-state index contributed by atoms with van der Waals surface area (Å²) in [5.74, 6) is -0.279. The molecule has 0 aliphatic rings. The van der Waals surface area contributed by atoms with Crippen LogP contribution in [0, 0.1) is 18.7 Å². The van der Waals surface area contributed by atoms with Crippen LogP contribution < -0.4 is 5.32 Å². The van der Waals surface area contributed by atoms with E-state index >= 15 is 0 Å². The van der Waals surface area contributed by atoms with E-state index in [0.717, 1.165) is 38.9 Å². The SMILES string of the molecule is Cc1cc(C(=O)N[C@@H](CS)Cc2ccccc2)cc2c1ncn2C(c1ccc(-c2ccccc2C(=O)OCc2cccc(F)c2)cc1)C(C)C. The second kappa shape index (κ2) is 15.6. The molecule has 254 valence electrons. The lowest BCUT2D eigenvalue weighted by Gasteiger charge is -2.25. The van der Waals surface area contributed by atoms with Gasteiger partial charge in [0.1, 0.15) is 12.4 Å². The molecule has 8 heteroatoms. The fourth-order valence-electron chi connectivity index (χ4n) is 6.48. The summed E-state index contributed by atoms with van der Waals surface area (Å²) in [6, 6.07) is 35.2. The minimum absolute atomic E-state index is 0.0227. The first-order valence-corrected chi connectivity index (χ1v) is 17.4. The van der Waals surface area contributed by atoms with Crippen LogP contribution in [0.2, 0.25) is 0 Å². The van der Waals surface area contributed by atoms with Gasteiger partial charge >= 0.3 is 5.97 Å². The van der Waals surface area contributed by atoms with Crippen LogP contribution in [0.3, 0.4) is 0 Å². The summed E-state index contributed by atoms with van der Waals surface area (Å²) >= 11 is 4.52. The number of aromatic nitrogens is 2. The van der Waals surface area contributed by atoms with Crippen LogP contribution in [0.5, 0.6) is 0 Å². The van der Waals surface area contributed by atoms with E-state index in [-0.39, 0.29) is 36.3 Å². The maximum absolute atomic E-state index is 13.6. The van der Waals surface area contributed by atoms with Crippen molar-refractivity contribution in [2.24, 2.45) is 5.92 Å². The Morgan fingerprint density at radius 3 is 2.32 bits per heavy atom. The Kier molecular flexibility index (Phi) is 10.8. The predicted molar refractivity (Wildman–Crippen MR) is 200 cm³/mol. The lowest BCUT2D eigenvalue weighted by atomic mass is 9.92. The van der Waals surface area contributed by atoms with Crippen molar-refractivity contribution < 1.29 is 18.7 Å². The van der Waals surface area contributed by atoms with Crippen LogP contribution in [-0.4, -0.2) is 33.2 Å². The highest BCUT2D eigenvalue weighted by Crippen LogP contribution is 2.33. The lowest BCUT2D eigenvalue weighted by Crippen LogP contribution is -2.37. The molecular weight excluding hydrogens is 646 g/mol. The number of rotatable bonds is 12. The molecule has 0 spiro atoms. The molecule has 5 aromatic carbocycles. The van der Waals surface area contributed by atoms with Gasteiger partial charge in [0, 0.05) is 17.4 Å². The van der Waals surface area contributed by atoms with E-state index in [1.165, 1.54) is 12.1 Å². The van der Waals surface area contributed by atoms with Crippen molar-refractivity contribution in [1.29, 1.82) is 0 Å². The van der Waals surface area contributed by atoms with Gasteiger partial charge in [0.25, 0.3) is 5.91 Å². The topological polar surface area (TPSA) is 73.2 Å². The number of hydrogen-bond acceptors (Lipinski definition) is 5. The Morgan fingerprint density at radius 2 is 1.60 bits per heavy atom. The maximum atomic E-state index is 13.6. The molecule has 1 unspecified atom stereocenters. The number of benzene rings is 5. The molecular formula is C42H40FN3O3S. The zero-order valence-corrected chi connectivity index (χ0v) is 29.2. The Balaban J connectivity index is 1.25. The first-order chi connectivity index (χ1) is 24.2. The zero-order valence-electron chi connectivity index (χ0n) is 28.3. The molecule has 50 heavy (non-hydrogen) atoms. The number of nitrogens with zero attached hydrogens (tertiary/aromatic N) is 2. The number of esters is 1. The van der Waals surface area contributed by atoms with Crippen LogP contribution in [-0.2, 0) is 17.8 Å². The number of amides is 1. The van der Waals surface area contributed by atoms with Crippen molar-refractivity contribution in [2.45, 2.75) is 45.9 Å². The molecule has 0 radical (unpaired) electrons. The Bertz CT molecular complexity index is 2110. The molecule has 0 bridgehead atoms. The summed E-state index contributed by atoms with van der Waals surface area (Å²) in [6.07, 6.45) is 2.55. The number of hydrogen-bond donors (Lipinski definition) is 2. The van der Waals surface area contributed by atoms with Crippen LogP contribution in [0.4, 0.5) is 4.39 Å². The van der Waals surface area contributed by atoms with Gasteiger partial charge in [-0.2, -0.15) is 12.6 Å². The highest BCUT2D eigenvalue weighted by molar-refractivity contribution is 7.80. The first kappa shape index (κ1) is 34.6. The molecule has 1 heterocycles. The predicted octanol–water partition coefficient (Wildman–Crippen LogP) is 9.02. The molecule has 6 aromatic rings. The lowest BCUT2D eigenvalue weighted by molar-refractivity contribution is 0.0473. The van der Waals surface area contributed by atoms with E-state index in [4.69, 9.17) is 9.72 Å². The smallest absolute Gasteiger partial charge is 0.339 e. The van der Waals surface area contributed by atoms with E-state index in [1.807, 2.05) is 67.8 Å². The molecule has 6 nitrogen and oxygen atoms in total. The molecule has 0 saturated heterocycles. The largest absolute Gasteiger partial charge is 0.457 e. The van der Waals surface area contributed by atoms with Gasteiger partial charge in [-0.3, -0.25) is 4.79 Å². The summed E-state index contributed by atoms with van der Waals surface area (Å²) in [5, 5.41) is 3.18. The number of fused-ring (bicyclic) bond motifs is 1. The molecule has 0 aliphatic heterocycles. The number of aryl methyl sites for hydroxylation is 1. The molecule has 1 N–H and O–H groups in total. The van der Waals surface area contributed by atoms with Gasteiger partial charge in [-0.05, 0) is 83.0 Å². The third kappa shape index (κ3) is 7.81. The minimum Gasteiger partial charge on any atom is -0.457 e. The molecule has 2 atom stereocenters. The monoisotopic (exact) mass is 685 g/mol.